The molecule has 124 valence electrons. The SMILES string of the molecule is CCc1ccc2c(c1)c(C)c(C(=O)NCCNC(C)=O)n2CC. The van der Waals surface area contributed by atoms with Crippen molar-refractivity contribution in [1.82, 2.24) is 15.2 Å². The van der Waals surface area contributed by atoms with Gasteiger partial charge in [-0.05, 0) is 43.5 Å². The molecule has 2 aromatic rings. The number of aromatic nitrogens is 1. The maximum absolute atomic E-state index is 12.6. The fourth-order valence-corrected chi connectivity index (χ4v) is 2.91. The van der Waals surface area contributed by atoms with E-state index >= 15 is 0 Å². The third-order valence-corrected chi connectivity index (χ3v) is 4.10. The van der Waals surface area contributed by atoms with E-state index < -0.39 is 0 Å². The van der Waals surface area contributed by atoms with Gasteiger partial charge in [0.2, 0.25) is 5.91 Å². The van der Waals surface area contributed by atoms with E-state index in [1.54, 1.807) is 0 Å². The van der Waals surface area contributed by atoms with Gasteiger partial charge in [0.05, 0.1) is 0 Å². The highest BCUT2D eigenvalue weighted by molar-refractivity contribution is 6.01. The van der Waals surface area contributed by atoms with Gasteiger partial charge in [0, 0.05) is 37.5 Å². The molecule has 2 amide bonds. The zero-order chi connectivity index (χ0) is 17.0. The molecule has 2 rings (SSSR count). The zero-order valence-electron chi connectivity index (χ0n) is 14.3. The molecule has 1 heterocycles. The molecule has 0 aliphatic rings. The van der Waals surface area contributed by atoms with Crippen molar-refractivity contribution >= 4 is 22.7 Å². The van der Waals surface area contributed by atoms with E-state index in [0.717, 1.165) is 29.4 Å². The largest absolute Gasteiger partial charge is 0.355 e. The molecule has 23 heavy (non-hydrogen) atoms. The molecule has 0 spiro atoms. The van der Waals surface area contributed by atoms with Crippen LogP contribution in [0, 0.1) is 6.92 Å². The predicted molar refractivity (Wildman–Crippen MR) is 92.7 cm³/mol. The van der Waals surface area contributed by atoms with Gasteiger partial charge in [-0.25, -0.2) is 0 Å². The molecular weight excluding hydrogens is 290 g/mol. The van der Waals surface area contributed by atoms with Crippen molar-refractivity contribution in [3.05, 3.63) is 35.0 Å². The summed E-state index contributed by atoms with van der Waals surface area (Å²) in [5.74, 6) is -0.186. The number of hydrogen-bond donors (Lipinski definition) is 2. The van der Waals surface area contributed by atoms with E-state index in [9.17, 15) is 9.59 Å². The maximum Gasteiger partial charge on any atom is 0.268 e. The molecule has 2 N–H and O–H groups in total. The summed E-state index contributed by atoms with van der Waals surface area (Å²) in [7, 11) is 0. The van der Waals surface area contributed by atoms with E-state index in [-0.39, 0.29) is 11.8 Å². The molecule has 0 unspecified atom stereocenters. The Bertz CT molecular complexity index is 731. The summed E-state index contributed by atoms with van der Waals surface area (Å²) in [6, 6.07) is 6.38. The highest BCUT2D eigenvalue weighted by Crippen LogP contribution is 2.27. The average molecular weight is 315 g/mol. The number of benzene rings is 1. The second-order valence-corrected chi connectivity index (χ2v) is 5.66. The molecule has 0 fully saturated rings. The smallest absolute Gasteiger partial charge is 0.268 e. The number of carbonyl (C=O) groups excluding carboxylic acids is 2. The Morgan fingerprint density at radius 1 is 1.13 bits per heavy atom. The lowest BCUT2D eigenvalue weighted by atomic mass is 10.1. The Morgan fingerprint density at radius 2 is 1.83 bits per heavy atom. The highest BCUT2D eigenvalue weighted by Gasteiger charge is 2.19. The average Bonchev–Trinajstić information content (AvgIpc) is 2.82. The quantitative estimate of drug-likeness (QED) is 0.804. The van der Waals surface area contributed by atoms with Gasteiger partial charge in [0.1, 0.15) is 5.69 Å². The summed E-state index contributed by atoms with van der Waals surface area (Å²) >= 11 is 0. The van der Waals surface area contributed by atoms with E-state index in [1.165, 1.54) is 12.5 Å². The van der Waals surface area contributed by atoms with Gasteiger partial charge in [-0.15, -0.1) is 0 Å². The molecule has 0 saturated carbocycles. The second kappa shape index (κ2) is 7.31. The summed E-state index contributed by atoms with van der Waals surface area (Å²) in [5, 5.41) is 6.70. The van der Waals surface area contributed by atoms with Crippen molar-refractivity contribution in [2.45, 2.75) is 40.7 Å². The molecule has 1 aromatic heterocycles. The first-order valence-corrected chi connectivity index (χ1v) is 8.13. The van der Waals surface area contributed by atoms with Crippen molar-refractivity contribution in [3.63, 3.8) is 0 Å². The van der Waals surface area contributed by atoms with Crippen LogP contribution in [0.1, 0.15) is 42.4 Å². The zero-order valence-corrected chi connectivity index (χ0v) is 14.3. The van der Waals surface area contributed by atoms with Crippen LogP contribution in [0.4, 0.5) is 0 Å². The van der Waals surface area contributed by atoms with Gasteiger partial charge >= 0.3 is 0 Å². The number of rotatable bonds is 6. The number of nitrogens with zero attached hydrogens (tertiary/aromatic N) is 1. The van der Waals surface area contributed by atoms with Gasteiger partial charge in [0.15, 0.2) is 0 Å². The van der Waals surface area contributed by atoms with E-state index in [0.29, 0.717) is 18.8 Å². The highest BCUT2D eigenvalue weighted by atomic mass is 16.2. The Kier molecular flexibility index (Phi) is 5.42. The first-order chi connectivity index (χ1) is 11.0. The molecule has 5 heteroatoms. The summed E-state index contributed by atoms with van der Waals surface area (Å²) in [6.07, 6.45) is 0.977. The van der Waals surface area contributed by atoms with Crippen LogP contribution in [-0.4, -0.2) is 29.5 Å². The third kappa shape index (κ3) is 3.55. The molecule has 5 nitrogen and oxygen atoms in total. The van der Waals surface area contributed by atoms with E-state index in [2.05, 4.69) is 40.3 Å². The molecule has 0 aliphatic carbocycles. The lowest BCUT2D eigenvalue weighted by Crippen LogP contribution is -2.34. The molecule has 0 radical (unpaired) electrons. The monoisotopic (exact) mass is 315 g/mol. The van der Waals surface area contributed by atoms with Crippen molar-refractivity contribution in [1.29, 1.82) is 0 Å². The van der Waals surface area contributed by atoms with Crippen molar-refractivity contribution < 1.29 is 9.59 Å². The van der Waals surface area contributed by atoms with Gasteiger partial charge in [0.25, 0.3) is 5.91 Å². The van der Waals surface area contributed by atoms with Crippen molar-refractivity contribution in [2.24, 2.45) is 0 Å². The van der Waals surface area contributed by atoms with Crippen LogP contribution in [-0.2, 0) is 17.8 Å². The lowest BCUT2D eigenvalue weighted by molar-refractivity contribution is -0.118. The topological polar surface area (TPSA) is 63.1 Å². The molecule has 1 aromatic carbocycles. The van der Waals surface area contributed by atoms with Gasteiger partial charge in [-0.2, -0.15) is 0 Å². The van der Waals surface area contributed by atoms with E-state index in [1.807, 2.05) is 13.8 Å². The standard InChI is InChI=1S/C18H25N3O2/c1-5-14-7-8-16-15(11-14)12(3)17(21(16)6-2)18(23)20-10-9-19-13(4)22/h7-8,11H,5-6,9-10H2,1-4H3,(H,19,22)(H,20,23). The number of hydrogen-bond acceptors (Lipinski definition) is 2. The number of fused-ring (bicyclic) bond motifs is 1. The number of aryl methyl sites for hydroxylation is 3. The van der Waals surface area contributed by atoms with Crippen molar-refractivity contribution in [2.75, 3.05) is 13.1 Å². The lowest BCUT2D eigenvalue weighted by Gasteiger charge is -2.10. The number of nitrogens with one attached hydrogen (secondary N) is 2. The Morgan fingerprint density at radius 3 is 2.43 bits per heavy atom. The third-order valence-electron chi connectivity index (χ3n) is 4.10. The minimum Gasteiger partial charge on any atom is -0.355 e. The Balaban J connectivity index is 2.30. The van der Waals surface area contributed by atoms with Crippen LogP contribution in [0.15, 0.2) is 18.2 Å². The molecule has 0 atom stereocenters. The second-order valence-electron chi connectivity index (χ2n) is 5.66. The fraction of sp³-hybridized carbons (Fsp3) is 0.444. The van der Waals surface area contributed by atoms with Crippen LogP contribution in [0.2, 0.25) is 0 Å². The van der Waals surface area contributed by atoms with Gasteiger partial charge in [-0.3, -0.25) is 9.59 Å². The Hall–Kier alpha value is -2.30. The first kappa shape index (κ1) is 17.1. The van der Waals surface area contributed by atoms with Gasteiger partial charge < -0.3 is 15.2 Å². The van der Waals surface area contributed by atoms with Crippen LogP contribution in [0.3, 0.4) is 0 Å². The normalized spacial score (nSPS) is 10.8. The maximum atomic E-state index is 12.6. The predicted octanol–water partition coefficient (Wildman–Crippen LogP) is 2.40. The summed E-state index contributed by atoms with van der Waals surface area (Å²) in [4.78, 5) is 23.4. The van der Waals surface area contributed by atoms with Crippen LogP contribution >= 0.6 is 0 Å². The van der Waals surface area contributed by atoms with Crippen LogP contribution in [0.25, 0.3) is 10.9 Å². The fourth-order valence-electron chi connectivity index (χ4n) is 2.91. The number of amides is 2. The molecular formula is C18H25N3O2. The minimum absolute atomic E-state index is 0.0924. The summed E-state index contributed by atoms with van der Waals surface area (Å²) < 4.78 is 2.05. The molecule has 0 aliphatic heterocycles. The first-order valence-electron chi connectivity index (χ1n) is 8.13. The minimum atomic E-state index is -0.0936. The Labute approximate surface area is 137 Å². The molecule has 0 bridgehead atoms. The van der Waals surface area contributed by atoms with Crippen LogP contribution in [0.5, 0.6) is 0 Å². The van der Waals surface area contributed by atoms with Crippen molar-refractivity contribution in [3.8, 4) is 0 Å². The van der Waals surface area contributed by atoms with Crippen LogP contribution < -0.4 is 10.6 Å². The van der Waals surface area contributed by atoms with Gasteiger partial charge in [-0.1, -0.05) is 13.0 Å². The number of carbonyl (C=O) groups is 2. The summed E-state index contributed by atoms with van der Waals surface area (Å²) in [6.45, 7) is 9.23. The van der Waals surface area contributed by atoms with E-state index in [4.69, 9.17) is 0 Å². The molecule has 0 saturated heterocycles. The summed E-state index contributed by atoms with van der Waals surface area (Å²) in [5.41, 5.74) is 4.08.